The zero-order valence-electron chi connectivity index (χ0n) is 15.9. The fourth-order valence-electron chi connectivity index (χ4n) is 2.84. The van der Waals surface area contributed by atoms with E-state index in [1.165, 1.54) is 25.7 Å². The number of likely N-dealkylation sites (tertiary alicyclic amines) is 1. The highest BCUT2D eigenvalue weighted by atomic mass is 127. The van der Waals surface area contributed by atoms with Gasteiger partial charge in [0.15, 0.2) is 5.96 Å². The Labute approximate surface area is 166 Å². The molecule has 144 valence electrons. The van der Waals surface area contributed by atoms with Crippen LogP contribution < -0.4 is 5.32 Å². The number of halogens is 1. The monoisotopic (exact) mass is 455 g/mol. The Kier molecular flexibility index (Phi) is 16.3. The summed E-state index contributed by atoms with van der Waals surface area (Å²) in [5.74, 6) is 1.09. The molecular weight excluding hydrogens is 417 g/mol. The van der Waals surface area contributed by atoms with Crippen LogP contribution in [0, 0.1) is 0 Å². The van der Waals surface area contributed by atoms with Crippen molar-refractivity contribution in [3.8, 4) is 0 Å². The van der Waals surface area contributed by atoms with Gasteiger partial charge in [-0.2, -0.15) is 0 Å². The first-order valence-corrected chi connectivity index (χ1v) is 9.45. The van der Waals surface area contributed by atoms with Gasteiger partial charge in [0.05, 0.1) is 6.10 Å². The van der Waals surface area contributed by atoms with Crippen LogP contribution >= 0.6 is 24.0 Å². The summed E-state index contributed by atoms with van der Waals surface area (Å²) >= 11 is 0. The number of rotatable bonds is 11. The van der Waals surface area contributed by atoms with Crippen molar-refractivity contribution in [2.75, 3.05) is 46.5 Å². The van der Waals surface area contributed by atoms with Crippen molar-refractivity contribution in [2.24, 2.45) is 4.99 Å². The van der Waals surface area contributed by atoms with Crippen molar-refractivity contribution in [1.29, 1.82) is 0 Å². The third-order valence-electron chi connectivity index (χ3n) is 4.20. The maximum Gasteiger partial charge on any atom is 0.193 e. The minimum atomic E-state index is 0. The van der Waals surface area contributed by atoms with Crippen LogP contribution in [0.4, 0.5) is 0 Å². The average molecular weight is 455 g/mol. The lowest BCUT2D eigenvalue weighted by Crippen LogP contribution is -2.47. The van der Waals surface area contributed by atoms with Gasteiger partial charge in [0.2, 0.25) is 0 Å². The zero-order valence-corrected chi connectivity index (χ0v) is 18.2. The molecule has 5 nitrogen and oxygen atoms in total. The number of methoxy groups -OCH3 is 1. The molecule has 0 aromatic heterocycles. The maximum absolute atomic E-state index is 5.93. The number of nitrogens with zero attached hydrogens (tertiary/aromatic N) is 2. The minimum Gasteiger partial charge on any atom is -0.385 e. The Morgan fingerprint density at radius 2 is 1.83 bits per heavy atom. The van der Waals surface area contributed by atoms with E-state index < -0.39 is 0 Å². The normalized spacial score (nSPS) is 16.1. The quantitative estimate of drug-likeness (QED) is 0.224. The summed E-state index contributed by atoms with van der Waals surface area (Å²) < 4.78 is 11.0. The van der Waals surface area contributed by atoms with Gasteiger partial charge in [0, 0.05) is 46.5 Å². The van der Waals surface area contributed by atoms with Crippen LogP contribution in [0.15, 0.2) is 4.99 Å². The molecular formula is C18H38IN3O2. The molecule has 1 aliphatic rings. The van der Waals surface area contributed by atoms with E-state index in [0.29, 0.717) is 6.10 Å². The fraction of sp³-hybridized carbons (Fsp3) is 0.944. The van der Waals surface area contributed by atoms with Gasteiger partial charge in [-0.1, -0.05) is 26.2 Å². The molecule has 1 heterocycles. The predicted octanol–water partition coefficient (Wildman–Crippen LogP) is 3.67. The molecule has 0 bridgehead atoms. The highest BCUT2D eigenvalue weighted by Crippen LogP contribution is 2.14. The van der Waals surface area contributed by atoms with Gasteiger partial charge < -0.3 is 19.7 Å². The highest BCUT2D eigenvalue weighted by Gasteiger charge is 2.21. The number of unbranched alkanes of at least 4 members (excludes halogenated alkanes) is 3. The summed E-state index contributed by atoms with van der Waals surface area (Å²) in [5.41, 5.74) is 0. The van der Waals surface area contributed by atoms with Crippen LogP contribution in [0.2, 0.25) is 0 Å². The summed E-state index contributed by atoms with van der Waals surface area (Å²) in [4.78, 5) is 7.18. The number of ether oxygens (including phenoxy) is 2. The standard InChI is InChI=1S/C18H37N3O2.HI/c1-4-6-7-8-12-20-18(19-5-2)21-13-10-17(11-14-21)23-16-9-15-22-3;/h17H,4-16H2,1-3H3,(H,19,20);1H. The molecule has 1 fully saturated rings. The molecule has 0 unspecified atom stereocenters. The first-order chi connectivity index (χ1) is 11.3. The molecule has 0 aliphatic carbocycles. The minimum absolute atomic E-state index is 0. The van der Waals surface area contributed by atoms with Crippen LogP contribution in [0.25, 0.3) is 0 Å². The summed E-state index contributed by atoms with van der Waals surface area (Å²) in [7, 11) is 1.74. The van der Waals surface area contributed by atoms with Gasteiger partial charge in [-0.15, -0.1) is 24.0 Å². The number of piperidine rings is 1. The molecule has 1 N–H and O–H groups in total. The molecule has 24 heavy (non-hydrogen) atoms. The van der Waals surface area contributed by atoms with E-state index in [1.54, 1.807) is 7.11 Å². The van der Waals surface area contributed by atoms with Crippen molar-refractivity contribution in [3.63, 3.8) is 0 Å². The summed E-state index contributed by atoms with van der Waals surface area (Å²) in [6.45, 7) is 9.92. The van der Waals surface area contributed by atoms with Crippen LogP contribution in [0.3, 0.4) is 0 Å². The number of hydrogen-bond donors (Lipinski definition) is 1. The molecule has 1 saturated heterocycles. The van der Waals surface area contributed by atoms with Gasteiger partial charge in [0.25, 0.3) is 0 Å². The van der Waals surface area contributed by atoms with E-state index in [1.807, 2.05) is 0 Å². The van der Waals surface area contributed by atoms with Gasteiger partial charge in [-0.3, -0.25) is 4.99 Å². The summed E-state index contributed by atoms with van der Waals surface area (Å²) in [6.07, 6.45) is 8.65. The molecule has 0 radical (unpaired) electrons. The average Bonchev–Trinajstić information content (AvgIpc) is 2.58. The number of guanidine groups is 1. The van der Waals surface area contributed by atoms with Gasteiger partial charge in [0.1, 0.15) is 0 Å². The maximum atomic E-state index is 5.93. The third-order valence-corrected chi connectivity index (χ3v) is 4.20. The second kappa shape index (κ2) is 16.4. The van der Waals surface area contributed by atoms with Crippen LogP contribution in [0.5, 0.6) is 0 Å². The van der Waals surface area contributed by atoms with E-state index in [-0.39, 0.29) is 24.0 Å². The first-order valence-electron chi connectivity index (χ1n) is 9.45. The molecule has 0 spiro atoms. The van der Waals surface area contributed by atoms with Crippen LogP contribution in [-0.2, 0) is 9.47 Å². The molecule has 0 saturated carbocycles. The Hall–Kier alpha value is -0.0800. The molecule has 0 aromatic rings. The molecule has 1 aliphatic heterocycles. The highest BCUT2D eigenvalue weighted by molar-refractivity contribution is 14.0. The van der Waals surface area contributed by atoms with Crippen molar-refractivity contribution < 1.29 is 9.47 Å². The van der Waals surface area contributed by atoms with E-state index in [4.69, 9.17) is 14.5 Å². The number of aliphatic imine (C=N–C) groups is 1. The van der Waals surface area contributed by atoms with Gasteiger partial charge in [-0.25, -0.2) is 0 Å². The first kappa shape index (κ1) is 23.9. The molecule has 1 rings (SSSR count). The summed E-state index contributed by atoms with van der Waals surface area (Å²) in [5, 5.41) is 3.44. The van der Waals surface area contributed by atoms with Crippen molar-refractivity contribution in [2.45, 2.75) is 64.9 Å². The smallest absolute Gasteiger partial charge is 0.193 e. The van der Waals surface area contributed by atoms with E-state index in [2.05, 4.69) is 24.1 Å². The molecule has 0 atom stereocenters. The van der Waals surface area contributed by atoms with Crippen LogP contribution in [0.1, 0.15) is 58.8 Å². The SMILES string of the molecule is CCCCCCN=C(NCC)N1CCC(OCCCOC)CC1.I. The molecule has 6 heteroatoms. The van der Waals surface area contributed by atoms with Crippen LogP contribution in [-0.4, -0.2) is 63.5 Å². The number of nitrogens with one attached hydrogen (secondary N) is 1. The molecule has 0 amide bonds. The lowest BCUT2D eigenvalue weighted by molar-refractivity contribution is 0.00990. The Balaban J connectivity index is 0.00000529. The second-order valence-corrected chi connectivity index (χ2v) is 6.20. The lowest BCUT2D eigenvalue weighted by atomic mass is 10.1. The van der Waals surface area contributed by atoms with Gasteiger partial charge >= 0.3 is 0 Å². The lowest BCUT2D eigenvalue weighted by Gasteiger charge is -2.34. The van der Waals surface area contributed by atoms with Crippen molar-refractivity contribution in [3.05, 3.63) is 0 Å². The zero-order chi connectivity index (χ0) is 16.8. The van der Waals surface area contributed by atoms with Gasteiger partial charge in [-0.05, 0) is 32.6 Å². The molecule has 0 aromatic carbocycles. The predicted molar refractivity (Wildman–Crippen MR) is 113 cm³/mol. The van der Waals surface area contributed by atoms with Crippen molar-refractivity contribution in [1.82, 2.24) is 10.2 Å². The van der Waals surface area contributed by atoms with E-state index >= 15 is 0 Å². The van der Waals surface area contributed by atoms with E-state index in [9.17, 15) is 0 Å². The third kappa shape index (κ3) is 10.7. The number of hydrogen-bond acceptors (Lipinski definition) is 3. The van der Waals surface area contributed by atoms with E-state index in [0.717, 1.165) is 64.6 Å². The second-order valence-electron chi connectivity index (χ2n) is 6.20. The Morgan fingerprint density at radius 3 is 2.46 bits per heavy atom. The summed E-state index contributed by atoms with van der Waals surface area (Å²) in [6, 6.07) is 0. The topological polar surface area (TPSA) is 46.1 Å². The fourth-order valence-corrected chi connectivity index (χ4v) is 2.84. The Bertz CT molecular complexity index is 309. The van der Waals surface area contributed by atoms with Crippen molar-refractivity contribution >= 4 is 29.9 Å². The largest absolute Gasteiger partial charge is 0.385 e. The Morgan fingerprint density at radius 1 is 1.08 bits per heavy atom.